The zero-order valence-electron chi connectivity index (χ0n) is 31.4. The average Bonchev–Trinajstić information content (AvgIpc) is 3.14. The first-order chi connectivity index (χ1) is 24.9. The maximum absolute atomic E-state index is 14.9. The lowest BCUT2D eigenvalue weighted by molar-refractivity contribution is -0.150. The summed E-state index contributed by atoms with van der Waals surface area (Å²) in [5.74, 6) is -0.953. The first-order valence-electron chi connectivity index (χ1n) is 19.2. The van der Waals surface area contributed by atoms with E-state index < -0.39 is 28.7 Å². The van der Waals surface area contributed by atoms with Gasteiger partial charge in [0.25, 0.3) is 0 Å². The van der Waals surface area contributed by atoms with Gasteiger partial charge in [0, 0.05) is 25.7 Å². The SMILES string of the molecule is CC(C)[C@@H](NC(=O)C1(C(=O)N[C@H](C(C)C)C(O)(Cc2ccccc2)Cc2ccccc2)CCCCC1)C(O)(Cc1ccccc1)Cc1ccccc1. The van der Waals surface area contributed by atoms with E-state index in [1.165, 1.54) is 0 Å². The van der Waals surface area contributed by atoms with Gasteiger partial charge in [-0.1, -0.05) is 168 Å². The van der Waals surface area contributed by atoms with E-state index in [9.17, 15) is 19.8 Å². The molecule has 52 heavy (non-hydrogen) atoms. The van der Waals surface area contributed by atoms with E-state index in [4.69, 9.17) is 0 Å². The summed E-state index contributed by atoms with van der Waals surface area (Å²) < 4.78 is 0. The first kappa shape index (κ1) is 39.0. The molecule has 0 aliphatic heterocycles. The molecule has 0 aromatic heterocycles. The molecule has 0 heterocycles. The van der Waals surface area contributed by atoms with Crippen molar-refractivity contribution in [3.63, 3.8) is 0 Å². The number of nitrogens with one attached hydrogen (secondary N) is 2. The minimum absolute atomic E-state index is 0.129. The molecular formula is C46H58N2O4. The van der Waals surface area contributed by atoms with Gasteiger partial charge in [-0.3, -0.25) is 9.59 Å². The number of rotatable bonds is 16. The Bertz CT molecular complexity index is 1480. The van der Waals surface area contributed by atoms with Gasteiger partial charge in [-0.15, -0.1) is 0 Å². The van der Waals surface area contributed by atoms with Crippen molar-refractivity contribution in [2.45, 2.75) is 109 Å². The number of carbonyl (C=O) groups is 2. The van der Waals surface area contributed by atoms with Crippen LogP contribution >= 0.6 is 0 Å². The topological polar surface area (TPSA) is 98.7 Å². The molecule has 4 N–H and O–H groups in total. The Labute approximate surface area is 311 Å². The van der Waals surface area contributed by atoms with Gasteiger partial charge in [0.15, 0.2) is 0 Å². The lowest BCUT2D eigenvalue weighted by Crippen LogP contribution is -2.65. The van der Waals surface area contributed by atoms with Gasteiger partial charge in [0.1, 0.15) is 5.41 Å². The maximum atomic E-state index is 14.9. The number of aliphatic hydroxyl groups is 2. The summed E-state index contributed by atoms with van der Waals surface area (Å²) in [6.45, 7) is 8.06. The fraction of sp³-hybridized carbons (Fsp3) is 0.435. The Morgan fingerprint density at radius 1 is 0.519 bits per heavy atom. The van der Waals surface area contributed by atoms with Crippen LogP contribution in [0.2, 0.25) is 0 Å². The molecule has 1 saturated carbocycles. The van der Waals surface area contributed by atoms with Crippen molar-refractivity contribution in [2.75, 3.05) is 0 Å². The highest BCUT2D eigenvalue weighted by atomic mass is 16.3. The van der Waals surface area contributed by atoms with E-state index in [1.54, 1.807) is 0 Å². The zero-order valence-corrected chi connectivity index (χ0v) is 31.4. The van der Waals surface area contributed by atoms with Gasteiger partial charge in [-0.05, 0) is 46.9 Å². The molecule has 276 valence electrons. The summed E-state index contributed by atoms with van der Waals surface area (Å²) in [7, 11) is 0. The molecule has 1 fully saturated rings. The second kappa shape index (κ2) is 17.5. The molecular weight excluding hydrogens is 645 g/mol. The fourth-order valence-corrected chi connectivity index (χ4v) is 8.48. The molecule has 6 heteroatoms. The second-order valence-electron chi connectivity index (χ2n) is 15.9. The Kier molecular flexibility index (Phi) is 13.1. The van der Waals surface area contributed by atoms with Crippen LogP contribution in [0.15, 0.2) is 121 Å². The van der Waals surface area contributed by atoms with E-state index in [2.05, 4.69) is 10.6 Å². The van der Waals surface area contributed by atoms with Crippen LogP contribution in [0.3, 0.4) is 0 Å². The van der Waals surface area contributed by atoms with E-state index in [0.717, 1.165) is 41.5 Å². The Balaban J connectivity index is 1.48. The van der Waals surface area contributed by atoms with E-state index in [0.29, 0.717) is 38.5 Å². The third kappa shape index (κ3) is 9.58. The standard InChI is InChI=1S/C46H58N2O4/c1-34(2)40(45(51,30-36-20-10-5-11-21-36)31-37-22-12-6-13-23-37)47-42(49)44(28-18-9-19-29-44)43(50)48-41(35(3)4)46(52,32-38-24-14-7-15-25-38)33-39-26-16-8-17-27-39/h5-8,10-17,20-27,34-35,40-41,51-52H,9,18-19,28-33H2,1-4H3,(H,47,49)(H,48,50)/t40-,41-/m1/s1. The van der Waals surface area contributed by atoms with Gasteiger partial charge in [-0.2, -0.15) is 0 Å². The Morgan fingerprint density at radius 2 is 0.788 bits per heavy atom. The van der Waals surface area contributed by atoms with Crippen molar-refractivity contribution in [1.29, 1.82) is 0 Å². The summed E-state index contributed by atoms with van der Waals surface area (Å²) in [6, 6.07) is 38.3. The third-order valence-corrected chi connectivity index (χ3v) is 11.1. The lowest BCUT2D eigenvalue weighted by Gasteiger charge is -2.44. The number of amides is 2. The summed E-state index contributed by atoms with van der Waals surface area (Å²) in [5.41, 5.74) is -0.0951. The van der Waals surface area contributed by atoms with Crippen LogP contribution in [0.25, 0.3) is 0 Å². The van der Waals surface area contributed by atoms with Crippen molar-refractivity contribution in [1.82, 2.24) is 10.6 Å². The summed E-state index contributed by atoms with van der Waals surface area (Å²) >= 11 is 0. The Hall–Kier alpha value is -4.26. The summed E-state index contributed by atoms with van der Waals surface area (Å²) in [4.78, 5) is 29.7. The molecule has 1 aliphatic carbocycles. The molecule has 0 saturated heterocycles. The van der Waals surface area contributed by atoms with Crippen LogP contribution in [-0.4, -0.2) is 45.3 Å². The van der Waals surface area contributed by atoms with Gasteiger partial charge < -0.3 is 20.8 Å². The predicted octanol–water partition coefficient (Wildman–Crippen LogP) is 7.65. The highest BCUT2D eigenvalue weighted by molar-refractivity contribution is 6.05. The Morgan fingerprint density at radius 3 is 1.04 bits per heavy atom. The van der Waals surface area contributed by atoms with Crippen molar-refractivity contribution in [3.05, 3.63) is 144 Å². The maximum Gasteiger partial charge on any atom is 0.236 e. The summed E-state index contributed by atoms with van der Waals surface area (Å²) in [6.07, 6.45) is 4.61. The molecule has 0 bridgehead atoms. The zero-order chi connectivity index (χ0) is 37.2. The molecule has 0 radical (unpaired) electrons. The fourth-order valence-electron chi connectivity index (χ4n) is 8.48. The first-order valence-corrected chi connectivity index (χ1v) is 19.2. The van der Waals surface area contributed by atoms with Crippen LogP contribution in [0.4, 0.5) is 0 Å². The van der Waals surface area contributed by atoms with Crippen molar-refractivity contribution in [2.24, 2.45) is 17.3 Å². The van der Waals surface area contributed by atoms with Crippen molar-refractivity contribution < 1.29 is 19.8 Å². The predicted molar refractivity (Wildman–Crippen MR) is 210 cm³/mol. The lowest BCUT2D eigenvalue weighted by atomic mass is 9.70. The van der Waals surface area contributed by atoms with Crippen LogP contribution in [0.5, 0.6) is 0 Å². The molecule has 1 aliphatic rings. The minimum Gasteiger partial charge on any atom is -0.387 e. The van der Waals surface area contributed by atoms with Gasteiger partial charge in [-0.25, -0.2) is 0 Å². The molecule has 0 spiro atoms. The molecule has 4 aromatic carbocycles. The monoisotopic (exact) mass is 702 g/mol. The summed E-state index contributed by atoms with van der Waals surface area (Å²) in [5, 5.41) is 31.9. The van der Waals surface area contributed by atoms with E-state index >= 15 is 0 Å². The van der Waals surface area contributed by atoms with Crippen LogP contribution < -0.4 is 10.6 Å². The van der Waals surface area contributed by atoms with Gasteiger partial charge >= 0.3 is 0 Å². The highest BCUT2D eigenvalue weighted by Gasteiger charge is 2.51. The molecule has 4 aromatic rings. The average molecular weight is 703 g/mol. The van der Waals surface area contributed by atoms with Gasteiger partial charge in [0.05, 0.1) is 23.3 Å². The number of hydrogen-bond donors (Lipinski definition) is 4. The van der Waals surface area contributed by atoms with Crippen molar-refractivity contribution >= 4 is 11.8 Å². The molecule has 6 nitrogen and oxygen atoms in total. The quantitative estimate of drug-likeness (QED) is 0.0902. The van der Waals surface area contributed by atoms with Gasteiger partial charge in [0.2, 0.25) is 11.8 Å². The second-order valence-corrected chi connectivity index (χ2v) is 15.9. The normalized spacial score (nSPS) is 15.9. The van der Waals surface area contributed by atoms with Crippen molar-refractivity contribution in [3.8, 4) is 0 Å². The molecule has 5 rings (SSSR count). The third-order valence-electron chi connectivity index (χ3n) is 11.1. The van der Waals surface area contributed by atoms with E-state index in [1.807, 2.05) is 149 Å². The molecule has 2 amide bonds. The van der Waals surface area contributed by atoms with Crippen LogP contribution in [-0.2, 0) is 35.3 Å². The number of benzene rings is 4. The smallest absolute Gasteiger partial charge is 0.236 e. The van der Waals surface area contributed by atoms with Crippen LogP contribution in [0, 0.1) is 17.3 Å². The number of hydrogen-bond acceptors (Lipinski definition) is 4. The highest BCUT2D eigenvalue weighted by Crippen LogP contribution is 2.39. The molecule has 2 atom stereocenters. The number of carbonyl (C=O) groups excluding carboxylic acids is 2. The van der Waals surface area contributed by atoms with E-state index in [-0.39, 0.29) is 23.7 Å². The van der Waals surface area contributed by atoms with Crippen LogP contribution in [0.1, 0.15) is 82.1 Å². The molecule has 0 unspecified atom stereocenters. The minimum atomic E-state index is -1.33. The largest absolute Gasteiger partial charge is 0.387 e.